The molecule has 1 aromatic carbocycles. The lowest BCUT2D eigenvalue weighted by Gasteiger charge is -2.26. The number of likely N-dealkylation sites (tertiary alicyclic amines) is 1. The van der Waals surface area contributed by atoms with Crippen molar-refractivity contribution >= 4 is 35.8 Å². The molecule has 1 unspecified atom stereocenters. The van der Waals surface area contributed by atoms with E-state index in [0.29, 0.717) is 11.9 Å². The van der Waals surface area contributed by atoms with Gasteiger partial charge in [-0.25, -0.2) is 0 Å². The fraction of sp³-hybridized carbons (Fsp3) is 0.652. The van der Waals surface area contributed by atoms with Crippen LogP contribution in [0.2, 0.25) is 0 Å². The van der Waals surface area contributed by atoms with E-state index in [1.54, 1.807) is 0 Å². The molecule has 0 aromatic heterocycles. The summed E-state index contributed by atoms with van der Waals surface area (Å²) in [6, 6.07) is 6.99. The van der Waals surface area contributed by atoms with E-state index in [0.717, 1.165) is 51.3 Å². The average Bonchev–Trinajstić information content (AvgIpc) is 3.15. The van der Waals surface area contributed by atoms with E-state index in [9.17, 15) is 4.79 Å². The second-order valence-corrected chi connectivity index (χ2v) is 8.49. The summed E-state index contributed by atoms with van der Waals surface area (Å²) < 4.78 is 0. The molecule has 0 bridgehead atoms. The molecule has 0 radical (unpaired) electrons. The summed E-state index contributed by atoms with van der Waals surface area (Å²) in [6.07, 6.45) is 7.84. The zero-order valence-corrected chi connectivity index (χ0v) is 20.5. The van der Waals surface area contributed by atoms with Gasteiger partial charge in [0.25, 0.3) is 0 Å². The van der Waals surface area contributed by atoms with Gasteiger partial charge in [0.1, 0.15) is 0 Å². The lowest BCUT2D eigenvalue weighted by atomic mass is 9.88. The van der Waals surface area contributed by atoms with Crippen LogP contribution in [-0.4, -0.2) is 49.5 Å². The Kier molecular flexibility index (Phi) is 9.72. The first-order valence-corrected chi connectivity index (χ1v) is 10.9. The quantitative estimate of drug-likeness (QED) is 0.359. The predicted molar refractivity (Wildman–Crippen MR) is 131 cm³/mol. The fourth-order valence-electron chi connectivity index (χ4n) is 4.61. The largest absolute Gasteiger partial charge is 0.356 e. The van der Waals surface area contributed by atoms with Crippen molar-refractivity contribution in [3.8, 4) is 0 Å². The van der Waals surface area contributed by atoms with Crippen molar-refractivity contribution in [2.24, 2.45) is 10.9 Å². The molecule has 1 saturated heterocycles. The minimum atomic E-state index is 0. The lowest BCUT2D eigenvalue weighted by Crippen LogP contribution is -2.46. The summed E-state index contributed by atoms with van der Waals surface area (Å²) >= 11 is 0. The number of amides is 1. The van der Waals surface area contributed by atoms with Crippen LogP contribution in [0, 0.1) is 19.8 Å². The molecule has 2 N–H and O–H groups in total. The first-order valence-electron chi connectivity index (χ1n) is 10.9. The highest BCUT2D eigenvalue weighted by atomic mass is 127. The molecule has 0 spiro atoms. The number of nitrogens with one attached hydrogen (secondary N) is 2. The topological polar surface area (TPSA) is 56.7 Å². The van der Waals surface area contributed by atoms with Crippen LogP contribution in [0.15, 0.2) is 23.2 Å². The summed E-state index contributed by atoms with van der Waals surface area (Å²) in [6.45, 7) is 6.80. The van der Waals surface area contributed by atoms with Crippen molar-refractivity contribution in [1.29, 1.82) is 0 Å². The summed E-state index contributed by atoms with van der Waals surface area (Å²) in [7, 11) is 1.81. The molecule has 29 heavy (non-hydrogen) atoms. The number of nitrogens with zero attached hydrogens (tertiary/aromatic N) is 2. The Balaban J connectivity index is 0.00000300. The predicted octanol–water partition coefficient (Wildman–Crippen LogP) is 3.81. The monoisotopic (exact) mass is 512 g/mol. The van der Waals surface area contributed by atoms with Gasteiger partial charge in [0.15, 0.2) is 5.96 Å². The van der Waals surface area contributed by atoms with Gasteiger partial charge in [0.05, 0.1) is 0 Å². The minimum Gasteiger partial charge on any atom is -0.356 e. The molecule has 2 fully saturated rings. The Labute approximate surface area is 193 Å². The zero-order valence-electron chi connectivity index (χ0n) is 18.2. The summed E-state index contributed by atoms with van der Waals surface area (Å²) in [5, 5.41) is 6.93. The van der Waals surface area contributed by atoms with Gasteiger partial charge < -0.3 is 15.5 Å². The SMILES string of the molecule is CN=C(NCCc1cc(C)cc(C)c1)NC1CCN(C(=O)C2CCCCC2)C1.I. The van der Waals surface area contributed by atoms with E-state index in [4.69, 9.17) is 0 Å². The van der Waals surface area contributed by atoms with E-state index < -0.39 is 0 Å². The number of hydrogen-bond acceptors (Lipinski definition) is 2. The third-order valence-electron chi connectivity index (χ3n) is 6.01. The van der Waals surface area contributed by atoms with Crippen molar-refractivity contribution in [3.63, 3.8) is 0 Å². The highest BCUT2D eigenvalue weighted by molar-refractivity contribution is 14.0. The Bertz CT molecular complexity index is 680. The van der Waals surface area contributed by atoms with Crippen LogP contribution in [0.4, 0.5) is 0 Å². The third-order valence-corrected chi connectivity index (χ3v) is 6.01. The number of aliphatic imine (C=N–C) groups is 1. The van der Waals surface area contributed by atoms with Crippen LogP contribution in [-0.2, 0) is 11.2 Å². The molecular weight excluding hydrogens is 475 g/mol. The Morgan fingerprint density at radius 1 is 1.10 bits per heavy atom. The molecule has 162 valence electrons. The molecule has 1 atom stereocenters. The Morgan fingerprint density at radius 3 is 2.45 bits per heavy atom. The normalized spacial score (nSPS) is 20.3. The average molecular weight is 512 g/mol. The van der Waals surface area contributed by atoms with E-state index in [1.807, 2.05) is 7.05 Å². The Morgan fingerprint density at radius 2 is 1.79 bits per heavy atom. The van der Waals surface area contributed by atoms with E-state index in [1.165, 1.54) is 36.0 Å². The van der Waals surface area contributed by atoms with Gasteiger partial charge in [0.2, 0.25) is 5.91 Å². The number of hydrogen-bond donors (Lipinski definition) is 2. The van der Waals surface area contributed by atoms with Gasteiger partial charge in [-0.15, -0.1) is 24.0 Å². The third kappa shape index (κ3) is 7.15. The summed E-state index contributed by atoms with van der Waals surface area (Å²) in [5.74, 6) is 1.48. The molecule has 1 aliphatic carbocycles. The van der Waals surface area contributed by atoms with Gasteiger partial charge in [-0.05, 0) is 45.1 Å². The number of carbonyl (C=O) groups excluding carboxylic acids is 1. The molecule has 3 rings (SSSR count). The van der Waals surface area contributed by atoms with Crippen LogP contribution in [0.5, 0.6) is 0 Å². The fourth-order valence-corrected chi connectivity index (χ4v) is 4.61. The highest BCUT2D eigenvalue weighted by Gasteiger charge is 2.31. The standard InChI is InChI=1S/C23H36N4O.HI/c1-17-13-18(2)15-19(14-17)9-11-25-23(24-3)26-21-10-12-27(16-21)22(28)20-7-5-4-6-8-20;/h13-15,20-21H,4-12,16H2,1-3H3,(H2,24,25,26);1H. The number of benzene rings is 1. The van der Waals surface area contributed by atoms with Crippen LogP contribution in [0.25, 0.3) is 0 Å². The van der Waals surface area contributed by atoms with Gasteiger partial charge in [-0.3, -0.25) is 9.79 Å². The second-order valence-electron chi connectivity index (χ2n) is 8.49. The number of guanidine groups is 1. The zero-order chi connectivity index (χ0) is 19.9. The Hall–Kier alpha value is -1.31. The molecule has 5 nitrogen and oxygen atoms in total. The van der Waals surface area contributed by atoms with Crippen LogP contribution < -0.4 is 10.6 Å². The maximum Gasteiger partial charge on any atom is 0.225 e. The first kappa shape index (κ1) is 24.0. The van der Waals surface area contributed by atoms with Gasteiger partial charge in [0, 0.05) is 38.6 Å². The van der Waals surface area contributed by atoms with Crippen molar-refractivity contribution in [2.75, 3.05) is 26.7 Å². The summed E-state index contributed by atoms with van der Waals surface area (Å²) in [4.78, 5) is 19.2. The lowest BCUT2D eigenvalue weighted by molar-refractivity contribution is -0.135. The van der Waals surface area contributed by atoms with Crippen LogP contribution in [0.3, 0.4) is 0 Å². The smallest absolute Gasteiger partial charge is 0.225 e. The van der Waals surface area contributed by atoms with Crippen molar-refractivity contribution < 1.29 is 4.79 Å². The minimum absolute atomic E-state index is 0. The molecule has 1 saturated carbocycles. The maximum absolute atomic E-state index is 12.7. The molecular formula is C23H37IN4O. The second kappa shape index (κ2) is 11.8. The van der Waals surface area contributed by atoms with Gasteiger partial charge in [-0.1, -0.05) is 48.6 Å². The number of rotatable bonds is 5. The van der Waals surface area contributed by atoms with Crippen LogP contribution in [0.1, 0.15) is 55.2 Å². The highest BCUT2D eigenvalue weighted by Crippen LogP contribution is 2.26. The molecule has 2 aliphatic rings. The van der Waals surface area contributed by atoms with Gasteiger partial charge in [-0.2, -0.15) is 0 Å². The van der Waals surface area contributed by atoms with E-state index in [-0.39, 0.29) is 29.9 Å². The molecule has 1 heterocycles. The van der Waals surface area contributed by atoms with Crippen molar-refractivity contribution in [2.45, 2.75) is 64.8 Å². The van der Waals surface area contributed by atoms with Gasteiger partial charge >= 0.3 is 0 Å². The molecule has 1 amide bonds. The number of halogens is 1. The van der Waals surface area contributed by atoms with Crippen LogP contribution >= 0.6 is 24.0 Å². The van der Waals surface area contributed by atoms with E-state index >= 15 is 0 Å². The first-order chi connectivity index (χ1) is 13.5. The molecule has 1 aromatic rings. The van der Waals surface area contributed by atoms with Crippen molar-refractivity contribution in [1.82, 2.24) is 15.5 Å². The van der Waals surface area contributed by atoms with Crippen molar-refractivity contribution in [3.05, 3.63) is 34.9 Å². The maximum atomic E-state index is 12.7. The number of carbonyl (C=O) groups is 1. The van der Waals surface area contributed by atoms with E-state index in [2.05, 4.69) is 52.6 Å². The molecule has 1 aliphatic heterocycles. The molecule has 6 heteroatoms. The summed E-state index contributed by atoms with van der Waals surface area (Å²) in [5.41, 5.74) is 3.97. The number of aryl methyl sites for hydroxylation is 2.